The third-order valence-electron chi connectivity index (χ3n) is 3.22. The Morgan fingerprint density at radius 3 is 2.50 bits per heavy atom. The summed E-state index contributed by atoms with van der Waals surface area (Å²) in [5.41, 5.74) is 0.568. The van der Waals surface area contributed by atoms with Crippen LogP contribution in [0.4, 0.5) is 13.6 Å². The van der Waals surface area contributed by atoms with Gasteiger partial charge >= 0.3 is 6.03 Å². The summed E-state index contributed by atoms with van der Waals surface area (Å²) in [5.74, 6) is -2.17. The molecule has 5 nitrogen and oxygen atoms in total. The minimum Gasteiger partial charge on any atom is -0.337 e. The second-order valence-corrected chi connectivity index (χ2v) is 7.57. The van der Waals surface area contributed by atoms with Crippen LogP contribution in [0.25, 0.3) is 0 Å². The van der Waals surface area contributed by atoms with Gasteiger partial charge in [0.15, 0.2) is 11.6 Å². The smallest absolute Gasteiger partial charge is 0.317 e. The van der Waals surface area contributed by atoms with Crippen LogP contribution in [0, 0.1) is 11.6 Å². The average Bonchev–Trinajstić information content (AvgIpc) is 2.43. The first kappa shape index (κ1) is 18.3. The summed E-state index contributed by atoms with van der Waals surface area (Å²) in [7, 11) is -1.65. The highest BCUT2D eigenvalue weighted by molar-refractivity contribution is 7.90. The Hall–Kier alpha value is -1.70. The molecule has 1 aromatic carbocycles. The molecule has 22 heavy (non-hydrogen) atoms. The Bertz CT molecular complexity index is 635. The summed E-state index contributed by atoms with van der Waals surface area (Å²) < 4.78 is 48.1. The molecule has 8 heteroatoms. The van der Waals surface area contributed by atoms with Crippen LogP contribution in [0.2, 0.25) is 0 Å². The Morgan fingerprint density at radius 1 is 1.32 bits per heavy atom. The highest BCUT2D eigenvalue weighted by atomic mass is 32.2. The Balaban J connectivity index is 2.50. The lowest BCUT2D eigenvalue weighted by atomic mass is 10.0. The van der Waals surface area contributed by atoms with Gasteiger partial charge in [0, 0.05) is 26.4 Å². The van der Waals surface area contributed by atoms with Gasteiger partial charge in [-0.3, -0.25) is 0 Å². The highest BCUT2D eigenvalue weighted by Crippen LogP contribution is 2.17. The van der Waals surface area contributed by atoms with Gasteiger partial charge in [-0.2, -0.15) is 0 Å². The lowest BCUT2D eigenvalue weighted by Crippen LogP contribution is -2.40. The quantitative estimate of drug-likeness (QED) is 0.862. The molecule has 0 saturated heterocycles. The zero-order chi connectivity index (χ0) is 16.9. The number of benzene rings is 1. The standard InChI is InChI=1S/C14H20F2N2O3S/c1-10(11-4-5-12(15)13(16)8-11)9-17-14(19)18(2)6-7-22(3,20)21/h4-5,8,10H,6-7,9H2,1-3H3,(H,17,19)/t10-/m1/s1. The topological polar surface area (TPSA) is 66.5 Å². The third-order valence-corrected chi connectivity index (χ3v) is 4.14. The molecule has 1 rings (SSSR count). The monoisotopic (exact) mass is 334 g/mol. The van der Waals surface area contributed by atoms with Crippen molar-refractivity contribution in [3.8, 4) is 0 Å². The normalized spacial score (nSPS) is 12.8. The molecule has 0 aliphatic carbocycles. The zero-order valence-electron chi connectivity index (χ0n) is 12.8. The molecule has 1 atom stereocenters. The predicted molar refractivity (Wildman–Crippen MR) is 80.5 cm³/mol. The summed E-state index contributed by atoms with van der Waals surface area (Å²) >= 11 is 0. The van der Waals surface area contributed by atoms with Crippen molar-refractivity contribution in [3.05, 3.63) is 35.4 Å². The molecule has 0 heterocycles. The highest BCUT2D eigenvalue weighted by Gasteiger charge is 2.14. The van der Waals surface area contributed by atoms with E-state index in [9.17, 15) is 22.0 Å². The Labute approximate surface area is 129 Å². The first-order chi connectivity index (χ1) is 10.1. The molecule has 0 saturated carbocycles. The first-order valence-electron chi connectivity index (χ1n) is 6.72. The Kier molecular flexibility index (Phi) is 6.28. The number of rotatable bonds is 6. The van der Waals surface area contributed by atoms with E-state index >= 15 is 0 Å². The molecule has 0 spiro atoms. The maximum Gasteiger partial charge on any atom is 0.317 e. The zero-order valence-corrected chi connectivity index (χ0v) is 13.6. The number of nitrogens with zero attached hydrogens (tertiary/aromatic N) is 1. The predicted octanol–water partition coefficient (Wildman–Crippen LogP) is 1.75. The van der Waals surface area contributed by atoms with Crippen molar-refractivity contribution in [2.45, 2.75) is 12.8 Å². The molecule has 1 aromatic rings. The van der Waals surface area contributed by atoms with E-state index in [-0.39, 0.29) is 24.8 Å². The minimum absolute atomic E-state index is 0.0875. The summed E-state index contributed by atoms with van der Waals surface area (Å²) in [6, 6.07) is 3.18. The molecule has 0 unspecified atom stereocenters. The van der Waals surface area contributed by atoms with Gasteiger partial charge in [-0.1, -0.05) is 13.0 Å². The number of halogens is 2. The number of urea groups is 1. The van der Waals surface area contributed by atoms with E-state index in [1.165, 1.54) is 18.0 Å². The van der Waals surface area contributed by atoms with Crippen LogP contribution in [-0.2, 0) is 9.84 Å². The number of hydrogen-bond acceptors (Lipinski definition) is 3. The van der Waals surface area contributed by atoms with E-state index in [0.29, 0.717) is 5.56 Å². The summed E-state index contributed by atoms with van der Waals surface area (Å²) in [6.07, 6.45) is 1.10. The molecular formula is C14H20F2N2O3S. The van der Waals surface area contributed by atoms with E-state index in [4.69, 9.17) is 0 Å². The van der Waals surface area contributed by atoms with Gasteiger partial charge in [-0.15, -0.1) is 0 Å². The molecule has 0 aromatic heterocycles. The summed E-state index contributed by atoms with van der Waals surface area (Å²) in [5, 5.41) is 2.63. The average molecular weight is 334 g/mol. The second kappa shape index (κ2) is 7.53. The number of sulfone groups is 1. The summed E-state index contributed by atoms with van der Waals surface area (Å²) in [4.78, 5) is 13.1. The Morgan fingerprint density at radius 2 is 1.95 bits per heavy atom. The molecule has 124 valence electrons. The fourth-order valence-corrected chi connectivity index (χ4v) is 2.32. The van der Waals surface area contributed by atoms with Crippen LogP contribution in [0.15, 0.2) is 18.2 Å². The van der Waals surface area contributed by atoms with E-state index in [0.717, 1.165) is 18.4 Å². The van der Waals surface area contributed by atoms with Gasteiger partial charge in [0.05, 0.1) is 5.75 Å². The van der Waals surface area contributed by atoms with Gasteiger partial charge in [0.1, 0.15) is 9.84 Å². The van der Waals surface area contributed by atoms with E-state index < -0.39 is 27.5 Å². The first-order valence-corrected chi connectivity index (χ1v) is 8.78. The second-order valence-electron chi connectivity index (χ2n) is 5.31. The van der Waals surface area contributed by atoms with Gasteiger partial charge in [-0.25, -0.2) is 22.0 Å². The fourth-order valence-electron chi connectivity index (χ4n) is 1.72. The van der Waals surface area contributed by atoms with Gasteiger partial charge in [-0.05, 0) is 23.6 Å². The number of amides is 2. The molecular weight excluding hydrogens is 314 g/mol. The number of hydrogen-bond donors (Lipinski definition) is 1. The SMILES string of the molecule is C[C@H](CNC(=O)N(C)CCS(C)(=O)=O)c1ccc(F)c(F)c1. The maximum absolute atomic E-state index is 13.2. The van der Waals surface area contributed by atoms with E-state index in [2.05, 4.69) is 5.32 Å². The molecule has 0 bridgehead atoms. The van der Waals surface area contributed by atoms with Crippen LogP contribution in [-0.4, -0.2) is 51.5 Å². The molecule has 1 N–H and O–H groups in total. The third kappa shape index (κ3) is 5.97. The van der Waals surface area contributed by atoms with Gasteiger partial charge in [0.2, 0.25) is 0 Å². The summed E-state index contributed by atoms with van der Waals surface area (Å²) in [6.45, 7) is 2.08. The van der Waals surface area contributed by atoms with Crippen molar-refractivity contribution in [1.29, 1.82) is 0 Å². The molecule has 0 aliphatic heterocycles. The van der Waals surface area contributed by atoms with Crippen molar-refractivity contribution in [1.82, 2.24) is 10.2 Å². The van der Waals surface area contributed by atoms with Crippen molar-refractivity contribution in [2.75, 3.05) is 32.1 Å². The number of carbonyl (C=O) groups excluding carboxylic acids is 1. The van der Waals surface area contributed by atoms with Crippen LogP contribution in [0.5, 0.6) is 0 Å². The van der Waals surface area contributed by atoms with Crippen LogP contribution >= 0.6 is 0 Å². The van der Waals surface area contributed by atoms with Crippen LogP contribution in [0.3, 0.4) is 0 Å². The lowest BCUT2D eigenvalue weighted by molar-refractivity contribution is 0.211. The van der Waals surface area contributed by atoms with Crippen molar-refractivity contribution in [2.24, 2.45) is 0 Å². The van der Waals surface area contributed by atoms with Crippen LogP contribution in [0.1, 0.15) is 18.4 Å². The van der Waals surface area contributed by atoms with E-state index in [1.54, 1.807) is 6.92 Å². The van der Waals surface area contributed by atoms with Crippen molar-refractivity contribution < 1.29 is 22.0 Å². The number of nitrogens with one attached hydrogen (secondary N) is 1. The molecule has 0 radical (unpaired) electrons. The maximum atomic E-state index is 13.2. The van der Waals surface area contributed by atoms with Crippen molar-refractivity contribution in [3.63, 3.8) is 0 Å². The van der Waals surface area contributed by atoms with Gasteiger partial charge in [0.25, 0.3) is 0 Å². The fraction of sp³-hybridized carbons (Fsp3) is 0.500. The molecule has 0 aliphatic rings. The van der Waals surface area contributed by atoms with Crippen LogP contribution < -0.4 is 5.32 Å². The molecule has 2 amide bonds. The van der Waals surface area contributed by atoms with Gasteiger partial charge < -0.3 is 10.2 Å². The van der Waals surface area contributed by atoms with E-state index in [1.807, 2.05) is 0 Å². The number of carbonyl (C=O) groups is 1. The largest absolute Gasteiger partial charge is 0.337 e. The minimum atomic E-state index is -3.13. The van der Waals surface area contributed by atoms with Crippen molar-refractivity contribution >= 4 is 15.9 Å². The lowest BCUT2D eigenvalue weighted by Gasteiger charge is -2.19. The molecule has 0 fully saturated rings.